The molecule has 4 aromatic rings. The molecule has 162 valence electrons. The third-order valence-electron chi connectivity index (χ3n) is 4.65. The second-order valence-electron chi connectivity index (χ2n) is 6.88. The first-order valence-electron chi connectivity index (χ1n) is 9.67. The molecular formula is C24H18Cl3N3OS. The van der Waals surface area contributed by atoms with Gasteiger partial charge in [0.15, 0.2) is 0 Å². The van der Waals surface area contributed by atoms with Crippen LogP contribution in [-0.2, 0) is 6.61 Å². The summed E-state index contributed by atoms with van der Waals surface area (Å²) in [6, 6.07) is 20.7. The smallest absolute Gasteiger partial charge is 0.203 e. The van der Waals surface area contributed by atoms with Crippen molar-refractivity contribution in [1.29, 1.82) is 0 Å². The quantitative estimate of drug-likeness (QED) is 0.205. The van der Waals surface area contributed by atoms with E-state index in [-0.39, 0.29) is 0 Å². The highest BCUT2D eigenvalue weighted by atomic mass is 35.5. The highest BCUT2D eigenvalue weighted by Gasteiger charge is 2.09. The molecule has 1 aromatic heterocycles. The SMILES string of the molecule is C/C(=N/Nc1nc(-c2ccc(Cl)cc2Cl)cs1)c1ccc(OCc2ccccc2Cl)cc1. The van der Waals surface area contributed by atoms with E-state index in [0.717, 1.165) is 33.8 Å². The average Bonchev–Trinajstić information content (AvgIpc) is 3.26. The summed E-state index contributed by atoms with van der Waals surface area (Å²) in [5.41, 5.74) is 7.35. The Morgan fingerprint density at radius 3 is 2.53 bits per heavy atom. The number of ether oxygens (including phenoxy) is 1. The van der Waals surface area contributed by atoms with Gasteiger partial charge in [-0.2, -0.15) is 5.10 Å². The monoisotopic (exact) mass is 501 g/mol. The maximum absolute atomic E-state index is 6.27. The van der Waals surface area contributed by atoms with Crippen molar-refractivity contribution in [1.82, 2.24) is 4.98 Å². The van der Waals surface area contributed by atoms with Crippen LogP contribution in [0.3, 0.4) is 0 Å². The van der Waals surface area contributed by atoms with E-state index < -0.39 is 0 Å². The van der Waals surface area contributed by atoms with Gasteiger partial charge in [-0.15, -0.1) is 11.3 Å². The number of hydrazone groups is 1. The Bertz CT molecular complexity index is 1260. The molecule has 8 heteroatoms. The van der Waals surface area contributed by atoms with E-state index in [4.69, 9.17) is 39.5 Å². The van der Waals surface area contributed by atoms with Crippen molar-refractivity contribution in [2.24, 2.45) is 5.10 Å². The minimum Gasteiger partial charge on any atom is -0.489 e. The molecule has 0 spiro atoms. The molecule has 0 unspecified atom stereocenters. The fraction of sp³-hybridized carbons (Fsp3) is 0.0833. The molecule has 0 aliphatic heterocycles. The van der Waals surface area contributed by atoms with Gasteiger partial charge in [-0.3, -0.25) is 5.43 Å². The van der Waals surface area contributed by atoms with Gasteiger partial charge < -0.3 is 4.74 Å². The van der Waals surface area contributed by atoms with Gasteiger partial charge in [0.25, 0.3) is 0 Å². The Kier molecular flexibility index (Phi) is 7.33. The average molecular weight is 503 g/mol. The number of nitrogens with one attached hydrogen (secondary N) is 1. The first-order valence-corrected chi connectivity index (χ1v) is 11.7. The molecule has 1 heterocycles. The normalized spacial score (nSPS) is 11.4. The first kappa shape index (κ1) is 22.6. The zero-order valence-electron chi connectivity index (χ0n) is 17.0. The Balaban J connectivity index is 1.38. The lowest BCUT2D eigenvalue weighted by atomic mass is 10.1. The summed E-state index contributed by atoms with van der Waals surface area (Å²) in [6.07, 6.45) is 0. The minimum atomic E-state index is 0.414. The number of thiazole rings is 1. The van der Waals surface area contributed by atoms with Crippen molar-refractivity contribution in [3.05, 3.63) is 98.3 Å². The van der Waals surface area contributed by atoms with Crippen LogP contribution in [-0.4, -0.2) is 10.7 Å². The Hall–Kier alpha value is -2.57. The maximum atomic E-state index is 6.27. The molecule has 0 amide bonds. The molecule has 3 aromatic carbocycles. The lowest BCUT2D eigenvalue weighted by Gasteiger charge is -2.08. The third-order valence-corrected chi connectivity index (χ3v) is 6.32. The van der Waals surface area contributed by atoms with E-state index >= 15 is 0 Å². The van der Waals surface area contributed by atoms with Crippen LogP contribution in [0, 0.1) is 0 Å². The van der Waals surface area contributed by atoms with Crippen LogP contribution in [0.4, 0.5) is 5.13 Å². The Morgan fingerprint density at radius 2 is 1.78 bits per heavy atom. The maximum Gasteiger partial charge on any atom is 0.203 e. The highest BCUT2D eigenvalue weighted by Crippen LogP contribution is 2.32. The number of benzene rings is 3. The summed E-state index contributed by atoms with van der Waals surface area (Å²) in [6.45, 7) is 2.34. The highest BCUT2D eigenvalue weighted by molar-refractivity contribution is 7.14. The first-order chi connectivity index (χ1) is 15.5. The van der Waals surface area contributed by atoms with Crippen LogP contribution < -0.4 is 10.2 Å². The summed E-state index contributed by atoms with van der Waals surface area (Å²) < 4.78 is 5.83. The van der Waals surface area contributed by atoms with Crippen LogP contribution >= 0.6 is 46.1 Å². The topological polar surface area (TPSA) is 46.5 Å². The molecule has 0 aliphatic rings. The van der Waals surface area contributed by atoms with Gasteiger partial charge in [0.1, 0.15) is 12.4 Å². The summed E-state index contributed by atoms with van der Waals surface area (Å²) in [7, 11) is 0. The molecule has 0 saturated heterocycles. The van der Waals surface area contributed by atoms with E-state index in [2.05, 4.69) is 15.5 Å². The van der Waals surface area contributed by atoms with Gasteiger partial charge in [-0.25, -0.2) is 4.98 Å². The van der Waals surface area contributed by atoms with Gasteiger partial charge in [0.2, 0.25) is 5.13 Å². The molecule has 0 bridgehead atoms. The number of hydrogen-bond acceptors (Lipinski definition) is 5. The molecule has 0 atom stereocenters. The second kappa shape index (κ2) is 10.4. The molecule has 0 saturated carbocycles. The van der Waals surface area contributed by atoms with Crippen molar-refractivity contribution >= 4 is 57.0 Å². The van der Waals surface area contributed by atoms with Gasteiger partial charge in [-0.1, -0.05) is 53.0 Å². The van der Waals surface area contributed by atoms with Gasteiger partial charge >= 0.3 is 0 Å². The van der Waals surface area contributed by atoms with Crippen LogP contribution in [0.2, 0.25) is 15.1 Å². The second-order valence-corrected chi connectivity index (χ2v) is 8.98. The predicted octanol–water partition coefficient (Wildman–Crippen LogP) is 8.19. The van der Waals surface area contributed by atoms with E-state index in [1.807, 2.05) is 66.9 Å². The fourth-order valence-corrected chi connectivity index (χ4v) is 4.26. The van der Waals surface area contributed by atoms with E-state index in [1.54, 1.807) is 12.1 Å². The molecule has 1 N–H and O–H groups in total. The Morgan fingerprint density at radius 1 is 1.00 bits per heavy atom. The molecular weight excluding hydrogens is 485 g/mol. The predicted molar refractivity (Wildman–Crippen MR) is 136 cm³/mol. The fourth-order valence-electron chi connectivity index (χ4n) is 2.91. The number of nitrogens with zero attached hydrogens (tertiary/aromatic N) is 2. The van der Waals surface area contributed by atoms with Gasteiger partial charge in [0, 0.05) is 26.6 Å². The summed E-state index contributed by atoms with van der Waals surface area (Å²) >= 11 is 19.9. The van der Waals surface area contributed by atoms with Crippen LogP contribution in [0.5, 0.6) is 5.75 Å². The lowest BCUT2D eigenvalue weighted by molar-refractivity contribution is 0.306. The van der Waals surface area contributed by atoms with E-state index in [9.17, 15) is 0 Å². The Labute approximate surface area is 205 Å². The minimum absolute atomic E-state index is 0.414. The van der Waals surface area contributed by atoms with Crippen molar-refractivity contribution in [3.8, 4) is 17.0 Å². The number of hydrogen-bond donors (Lipinski definition) is 1. The van der Waals surface area contributed by atoms with Crippen molar-refractivity contribution in [2.75, 3.05) is 5.43 Å². The van der Waals surface area contributed by atoms with Crippen molar-refractivity contribution in [2.45, 2.75) is 13.5 Å². The van der Waals surface area contributed by atoms with Crippen molar-refractivity contribution in [3.63, 3.8) is 0 Å². The van der Waals surface area contributed by atoms with Gasteiger partial charge in [0.05, 0.1) is 16.4 Å². The third kappa shape index (κ3) is 5.61. The summed E-state index contributed by atoms with van der Waals surface area (Å²) in [4.78, 5) is 4.55. The molecule has 4 nitrogen and oxygen atoms in total. The molecule has 4 rings (SSSR count). The van der Waals surface area contributed by atoms with E-state index in [0.29, 0.717) is 26.8 Å². The molecule has 0 fully saturated rings. The van der Waals surface area contributed by atoms with Crippen LogP contribution in [0.15, 0.2) is 77.2 Å². The largest absolute Gasteiger partial charge is 0.489 e. The van der Waals surface area contributed by atoms with Crippen LogP contribution in [0.25, 0.3) is 11.3 Å². The molecule has 0 radical (unpaired) electrons. The number of halogens is 3. The lowest BCUT2D eigenvalue weighted by Crippen LogP contribution is -2.00. The molecule has 32 heavy (non-hydrogen) atoms. The van der Waals surface area contributed by atoms with E-state index in [1.165, 1.54) is 11.3 Å². The number of rotatable bonds is 7. The summed E-state index contributed by atoms with van der Waals surface area (Å²) in [5.74, 6) is 0.763. The molecule has 0 aliphatic carbocycles. The standard InChI is InChI=1S/C24H18Cl3N3OS/c1-15(16-6-9-19(10-7-16)31-13-17-4-2-3-5-21(17)26)29-30-24-28-23(14-32-24)20-11-8-18(25)12-22(20)27/h2-12,14H,13H2,1H3,(H,28,30)/b29-15-. The summed E-state index contributed by atoms with van der Waals surface area (Å²) in [5, 5.41) is 8.89. The number of aromatic nitrogens is 1. The zero-order valence-corrected chi connectivity index (χ0v) is 20.1. The van der Waals surface area contributed by atoms with Crippen LogP contribution in [0.1, 0.15) is 18.1 Å². The number of anilines is 1. The van der Waals surface area contributed by atoms with Crippen molar-refractivity contribution < 1.29 is 4.74 Å². The zero-order chi connectivity index (χ0) is 22.5. The van der Waals surface area contributed by atoms with Gasteiger partial charge in [-0.05, 0) is 61.0 Å².